The van der Waals surface area contributed by atoms with Crippen molar-refractivity contribution in [2.45, 2.75) is 18.6 Å². The van der Waals surface area contributed by atoms with Crippen molar-refractivity contribution in [3.63, 3.8) is 0 Å². The zero-order valence-electron chi connectivity index (χ0n) is 12.7. The predicted molar refractivity (Wildman–Crippen MR) is 77.4 cm³/mol. The zero-order valence-corrected chi connectivity index (χ0v) is 12.7. The highest BCUT2D eigenvalue weighted by Gasteiger charge is 2.36. The molecule has 0 aromatic heterocycles. The van der Waals surface area contributed by atoms with Crippen LogP contribution in [0, 0.1) is 0 Å². The fourth-order valence-electron chi connectivity index (χ4n) is 2.69. The Kier molecular flexibility index (Phi) is 5.52. The summed E-state index contributed by atoms with van der Waals surface area (Å²) in [4.78, 5) is 1.86. The number of alkyl halides is 3. The van der Waals surface area contributed by atoms with Crippen LogP contribution in [0.4, 0.5) is 13.2 Å². The average Bonchev–Trinajstić information content (AvgIpc) is 2.52. The van der Waals surface area contributed by atoms with E-state index < -0.39 is 18.6 Å². The first-order chi connectivity index (χ1) is 10.4. The highest BCUT2D eigenvalue weighted by molar-refractivity contribution is 5.40. The summed E-state index contributed by atoms with van der Waals surface area (Å²) in [6.07, 6.45) is -5.12. The Morgan fingerprint density at radius 1 is 1.09 bits per heavy atom. The summed E-state index contributed by atoms with van der Waals surface area (Å²) < 4.78 is 49.4. The van der Waals surface area contributed by atoms with Gasteiger partial charge in [-0.3, -0.25) is 4.90 Å². The highest BCUT2D eigenvalue weighted by atomic mass is 19.4. The van der Waals surface area contributed by atoms with E-state index in [-0.39, 0.29) is 0 Å². The van der Waals surface area contributed by atoms with Crippen LogP contribution in [0.1, 0.15) is 18.0 Å². The summed E-state index contributed by atoms with van der Waals surface area (Å²) in [5, 5.41) is 3.16. The lowest BCUT2D eigenvalue weighted by molar-refractivity contribution is -0.148. The van der Waals surface area contributed by atoms with Crippen LogP contribution in [0.25, 0.3) is 0 Å². The van der Waals surface area contributed by atoms with Crippen molar-refractivity contribution in [2.24, 2.45) is 0 Å². The van der Waals surface area contributed by atoms with Gasteiger partial charge in [0, 0.05) is 38.3 Å². The first-order valence-corrected chi connectivity index (χ1v) is 7.17. The molecule has 1 aliphatic rings. The van der Waals surface area contributed by atoms with E-state index in [9.17, 15) is 13.2 Å². The lowest BCUT2D eigenvalue weighted by atomic mass is 10.00. The first-order valence-electron chi connectivity index (χ1n) is 7.17. The molecule has 7 heteroatoms. The van der Waals surface area contributed by atoms with Crippen molar-refractivity contribution >= 4 is 0 Å². The summed E-state index contributed by atoms with van der Waals surface area (Å²) in [5.74, 6) is 0.994. The molecule has 1 heterocycles. The topological polar surface area (TPSA) is 33.7 Å². The van der Waals surface area contributed by atoms with Gasteiger partial charge in [0.2, 0.25) is 0 Å². The van der Waals surface area contributed by atoms with E-state index in [1.807, 2.05) is 4.90 Å². The molecule has 1 saturated heterocycles. The number of piperazine rings is 1. The number of hydrogen-bond donors (Lipinski definition) is 1. The van der Waals surface area contributed by atoms with Gasteiger partial charge in [0.25, 0.3) is 0 Å². The molecule has 0 bridgehead atoms. The molecule has 1 atom stereocenters. The molecule has 0 saturated carbocycles. The van der Waals surface area contributed by atoms with Crippen molar-refractivity contribution in [3.8, 4) is 11.5 Å². The Labute approximate surface area is 128 Å². The monoisotopic (exact) mass is 318 g/mol. The molecular weight excluding hydrogens is 297 g/mol. The molecule has 1 fully saturated rings. The number of halogens is 3. The van der Waals surface area contributed by atoms with Crippen LogP contribution < -0.4 is 14.8 Å². The molecule has 1 aliphatic heterocycles. The van der Waals surface area contributed by atoms with Crippen LogP contribution in [0.15, 0.2) is 18.2 Å². The van der Waals surface area contributed by atoms with Crippen LogP contribution in [0.5, 0.6) is 11.5 Å². The van der Waals surface area contributed by atoms with Crippen LogP contribution in [-0.2, 0) is 0 Å². The van der Waals surface area contributed by atoms with Gasteiger partial charge >= 0.3 is 6.18 Å². The number of nitrogens with one attached hydrogen (secondary N) is 1. The van der Waals surface area contributed by atoms with Gasteiger partial charge in [-0.05, 0) is 17.7 Å². The number of ether oxygens (including phenoxy) is 2. The summed E-state index contributed by atoms with van der Waals surface area (Å²) >= 11 is 0. The van der Waals surface area contributed by atoms with E-state index in [1.165, 1.54) is 14.2 Å². The van der Waals surface area contributed by atoms with Gasteiger partial charge in [0.15, 0.2) is 0 Å². The average molecular weight is 318 g/mol. The maximum absolute atomic E-state index is 13.0. The second kappa shape index (κ2) is 7.19. The molecule has 124 valence electrons. The Morgan fingerprint density at radius 3 is 2.09 bits per heavy atom. The van der Waals surface area contributed by atoms with E-state index in [0.717, 1.165) is 0 Å². The number of benzene rings is 1. The number of rotatable bonds is 5. The Hall–Kier alpha value is -1.47. The minimum absolute atomic E-state index is 0.497. The number of hydrogen-bond acceptors (Lipinski definition) is 4. The van der Waals surface area contributed by atoms with Crippen LogP contribution in [0.3, 0.4) is 0 Å². The Morgan fingerprint density at radius 2 is 1.64 bits per heavy atom. The second-order valence-corrected chi connectivity index (χ2v) is 5.27. The van der Waals surface area contributed by atoms with Gasteiger partial charge in [-0.2, -0.15) is 13.2 Å². The quantitative estimate of drug-likeness (QED) is 0.905. The third-order valence-electron chi connectivity index (χ3n) is 3.78. The van der Waals surface area contributed by atoms with Crippen molar-refractivity contribution < 1.29 is 22.6 Å². The molecule has 0 amide bonds. The van der Waals surface area contributed by atoms with Gasteiger partial charge in [0.1, 0.15) is 11.5 Å². The van der Waals surface area contributed by atoms with Gasteiger partial charge in [-0.15, -0.1) is 0 Å². The van der Waals surface area contributed by atoms with Crippen molar-refractivity contribution in [1.82, 2.24) is 10.2 Å². The lowest BCUT2D eigenvalue weighted by Crippen LogP contribution is -2.46. The largest absolute Gasteiger partial charge is 0.497 e. The number of nitrogens with zero attached hydrogens (tertiary/aromatic N) is 1. The highest BCUT2D eigenvalue weighted by Crippen LogP contribution is 2.37. The third kappa shape index (κ3) is 4.51. The lowest BCUT2D eigenvalue weighted by Gasteiger charge is -2.35. The van der Waals surface area contributed by atoms with Crippen LogP contribution in [0.2, 0.25) is 0 Å². The predicted octanol–water partition coefficient (Wildman–Crippen LogP) is 2.60. The van der Waals surface area contributed by atoms with Crippen LogP contribution in [-0.4, -0.2) is 51.5 Å². The van der Waals surface area contributed by atoms with E-state index in [1.54, 1.807) is 18.2 Å². The second-order valence-electron chi connectivity index (χ2n) is 5.27. The fraction of sp³-hybridized carbons (Fsp3) is 0.600. The van der Waals surface area contributed by atoms with E-state index in [0.29, 0.717) is 43.2 Å². The first kappa shape index (κ1) is 16.9. The molecule has 2 rings (SSSR count). The SMILES string of the molecule is COc1cc(OC)cc([C@@H](CC(F)(F)F)N2CCNCC2)c1. The molecule has 22 heavy (non-hydrogen) atoms. The Balaban J connectivity index is 2.34. The molecule has 4 nitrogen and oxygen atoms in total. The normalized spacial score (nSPS) is 18.0. The molecular formula is C15H21F3N2O2. The minimum atomic E-state index is -4.23. The molecule has 0 aliphatic carbocycles. The smallest absolute Gasteiger partial charge is 0.390 e. The molecule has 0 unspecified atom stereocenters. The number of methoxy groups -OCH3 is 2. The van der Waals surface area contributed by atoms with Crippen molar-refractivity contribution in [1.29, 1.82) is 0 Å². The molecule has 1 N–H and O–H groups in total. The van der Waals surface area contributed by atoms with Crippen molar-refractivity contribution in [2.75, 3.05) is 40.4 Å². The standard InChI is InChI=1S/C15H21F3N2O2/c1-21-12-7-11(8-13(9-12)22-2)14(10-15(16,17)18)20-5-3-19-4-6-20/h7-9,14,19H,3-6,10H2,1-2H3/t14-/m1/s1. The molecule has 1 aromatic carbocycles. The summed E-state index contributed by atoms with van der Waals surface area (Å²) in [7, 11) is 2.98. The Bertz CT molecular complexity index is 466. The van der Waals surface area contributed by atoms with E-state index in [2.05, 4.69) is 5.32 Å². The van der Waals surface area contributed by atoms with Crippen LogP contribution >= 0.6 is 0 Å². The summed E-state index contributed by atoms with van der Waals surface area (Å²) in [6, 6.07) is 4.24. The maximum atomic E-state index is 13.0. The minimum Gasteiger partial charge on any atom is -0.497 e. The fourth-order valence-corrected chi connectivity index (χ4v) is 2.69. The summed E-state index contributed by atoms with van der Waals surface area (Å²) in [6.45, 7) is 2.55. The van der Waals surface area contributed by atoms with E-state index in [4.69, 9.17) is 9.47 Å². The zero-order chi connectivity index (χ0) is 16.2. The van der Waals surface area contributed by atoms with Gasteiger partial charge in [-0.1, -0.05) is 0 Å². The summed E-state index contributed by atoms with van der Waals surface area (Å²) in [5.41, 5.74) is 0.565. The third-order valence-corrected chi connectivity index (χ3v) is 3.78. The molecule has 1 aromatic rings. The van der Waals surface area contributed by atoms with Crippen molar-refractivity contribution in [3.05, 3.63) is 23.8 Å². The maximum Gasteiger partial charge on any atom is 0.390 e. The molecule has 0 spiro atoms. The molecule has 0 radical (unpaired) electrons. The van der Waals surface area contributed by atoms with Gasteiger partial charge in [0.05, 0.1) is 20.6 Å². The van der Waals surface area contributed by atoms with Gasteiger partial charge < -0.3 is 14.8 Å². The van der Waals surface area contributed by atoms with Gasteiger partial charge in [-0.25, -0.2) is 0 Å². The van der Waals surface area contributed by atoms with E-state index >= 15 is 0 Å².